The molecule has 8 heteroatoms. The van der Waals surface area contributed by atoms with Crippen molar-refractivity contribution in [3.63, 3.8) is 0 Å². The van der Waals surface area contributed by atoms with Gasteiger partial charge in [0.1, 0.15) is 5.15 Å². The normalized spacial score (nSPS) is 17.5. The Bertz CT molecular complexity index is 1140. The van der Waals surface area contributed by atoms with Crippen LogP contribution in [0.3, 0.4) is 0 Å². The highest BCUT2D eigenvalue weighted by Crippen LogP contribution is 2.39. The maximum Gasteiger partial charge on any atom is 0.250 e. The number of halogens is 1. The Morgan fingerprint density at radius 1 is 1.30 bits per heavy atom. The first kappa shape index (κ1) is 18.4. The summed E-state index contributed by atoms with van der Waals surface area (Å²) >= 11 is 8.02. The Labute approximate surface area is 167 Å². The summed E-state index contributed by atoms with van der Waals surface area (Å²) in [5.74, 6) is -0.0253. The molecule has 140 valence electrons. The first-order chi connectivity index (χ1) is 12.9. The predicted molar refractivity (Wildman–Crippen MR) is 111 cm³/mol. The van der Waals surface area contributed by atoms with Crippen molar-refractivity contribution in [3.8, 4) is 0 Å². The van der Waals surface area contributed by atoms with E-state index in [0.717, 1.165) is 27.1 Å². The molecule has 0 bridgehead atoms. The Hall–Kier alpha value is -1.96. The van der Waals surface area contributed by atoms with Crippen molar-refractivity contribution in [2.75, 3.05) is 5.75 Å². The number of hydrazone groups is 1. The van der Waals surface area contributed by atoms with Gasteiger partial charge in [-0.25, -0.2) is 13.4 Å². The summed E-state index contributed by atoms with van der Waals surface area (Å²) in [6, 6.07) is 11.3. The number of aryl methyl sites for hydroxylation is 1. The van der Waals surface area contributed by atoms with E-state index >= 15 is 0 Å². The lowest BCUT2D eigenvalue weighted by Gasteiger charge is -2.23. The zero-order valence-electron chi connectivity index (χ0n) is 14.9. The van der Waals surface area contributed by atoms with Gasteiger partial charge in [-0.3, -0.25) is 0 Å². The molecule has 0 N–H and O–H groups in total. The Morgan fingerprint density at radius 3 is 2.81 bits per heavy atom. The molecule has 0 unspecified atom stereocenters. The number of fused-ring (bicyclic) bond motifs is 1. The molecule has 0 saturated carbocycles. The van der Waals surface area contributed by atoms with Gasteiger partial charge in [-0.1, -0.05) is 29.3 Å². The van der Waals surface area contributed by atoms with E-state index in [4.69, 9.17) is 11.6 Å². The van der Waals surface area contributed by atoms with Crippen LogP contribution in [0.2, 0.25) is 5.15 Å². The summed E-state index contributed by atoms with van der Waals surface area (Å²) < 4.78 is 26.6. The minimum Gasteiger partial charge on any atom is -0.236 e. The van der Waals surface area contributed by atoms with E-state index in [1.165, 1.54) is 4.41 Å². The van der Waals surface area contributed by atoms with Crippen LogP contribution < -0.4 is 0 Å². The third-order valence-electron chi connectivity index (χ3n) is 4.64. The second-order valence-corrected chi connectivity index (χ2v) is 9.90. The molecule has 1 aliphatic rings. The van der Waals surface area contributed by atoms with Gasteiger partial charge in [0.2, 0.25) is 10.0 Å². The standard InChI is InChI=1S/C19H18ClN3O2S2/c1-3-27(24,25)23-17(11-16(22-23)18-5-4-8-26-18)14-10-13-9-12(2)6-7-15(13)21-19(14)20/h4-10,17H,3,11H2,1-2H3/t17-/m1/s1. The number of pyridine rings is 1. The van der Waals surface area contributed by atoms with E-state index in [-0.39, 0.29) is 5.75 Å². The lowest BCUT2D eigenvalue weighted by molar-refractivity contribution is 0.372. The summed E-state index contributed by atoms with van der Waals surface area (Å²) in [4.78, 5) is 5.45. The molecule has 2 aromatic heterocycles. The van der Waals surface area contributed by atoms with Gasteiger partial charge < -0.3 is 0 Å². The number of sulfonamides is 1. The van der Waals surface area contributed by atoms with Crippen molar-refractivity contribution in [2.45, 2.75) is 26.3 Å². The first-order valence-electron chi connectivity index (χ1n) is 8.59. The van der Waals surface area contributed by atoms with E-state index in [2.05, 4.69) is 10.1 Å². The van der Waals surface area contributed by atoms with Gasteiger partial charge in [0.25, 0.3) is 0 Å². The van der Waals surface area contributed by atoms with Crippen LogP contribution in [-0.4, -0.2) is 29.3 Å². The van der Waals surface area contributed by atoms with Gasteiger partial charge >= 0.3 is 0 Å². The summed E-state index contributed by atoms with van der Waals surface area (Å²) in [6.07, 6.45) is 0.471. The van der Waals surface area contributed by atoms with Gasteiger partial charge in [-0.05, 0) is 43.5 Å². The van der Waals surface area contributed by atoms with Gasteiger partial charge in [0.15, 0.2) is 0 Å². The highest BCUT2D eigenvalue weighted by Gasteiger charge is 2.37. The molecule has 1 aromatic carbocycles. The minimum absolute atomic E-state index is 0.0253. The molecule has 0 aliphatic carbocycles. The van der Waals surface area contributed by atoms with Crippen LogP contribution in [0.15, 0.2) is 46.9 Å². The maximum absolute atomic E-state index is 12.7. The molecule has 5 nitrogen and oxygen atoms in total. The number of aromatic nitrogens is 1. The fourth-order valence-electron chi connectivity index (χ4n) is 3.22. The zero-order valence-corrected chi connectivity index (χ0v) is 17.3. The van der Waals surface area contributed by atoms with Gasteiger partial charge in [-0.15, -0.1) is 11.3 Å². The van der Waals surface area contributed by atoms with Crippen molar-refractivity contribution in [1.29, 1.82) is 0 Å². The molecule has 4 rings (SSSR count). The van der Waals surface area contributed by atoms with Crippen LogP contribution in [0, 0.1) is 6.92 Å². The SMILES string of the molecule is CCS(=O)(=O)N1N=C(c2cccs2)C[C@@H]1c1cc2cc(C)ccc2nc1Cl. The third kappa shape index (κ3) is 3.35. The number of thiophene rings is 1. The van der Waals surface area contributed by atoms with Crippen molar-refractivity contribution in [1.82, 2.24) is 9.40 Å². The minimum atomic E-state index is -3.53. The van der Waals surface area contributed by atoms with E-state index < -0.39 is 16.1 Å². The second-order valence-electron chi connectivity index (χ2n) is 6.48. The van der Waals surface area contributed by atoms with Gasteiger partial charge in [-0.2, -0.15) is 9.52 Å². The van der Waals surface area contributed by atoms with Gasteiger partial charge in [0.05, 0.1) is 27.9 Å². The summed E-state index contributed by atoms with van der Waals surface area (Å²) in [5.41, 5.74) is 3.34. The highest BCUT2D eigenvalue weighted by atomic mass is 35.5. The van der Waals surface area contributed by atoms with Crippen LogP contribution in [0.4, 0.5) is 0 Å². The topological polar surface area (TPSA) is 62.6 Å². The quantitative estimate of drug-likeness (QED) is 0.573. The molecular formula is C19H18ClN3O2S2. The molecule has 0 spiro atoms. The van der Waals surface area contributed by atoms with Crippen LogP contribution >= 0.6 is 22.9 Å². The largest absolute Gasteiger partial charge is 0.250 e. The molecule has 27 heavy (non-hydrogen) atoms. The lowest BCUT2D eigenvalue weighted by atomic mass is 10.0. The number of hydrogen-bond donors (Lipinski definition) is 0. The van der Waals surface area contributed by atoms with E-state index in [1.807, 2.05) is 48.7 Å². The fraction of sp³-hybridized carbons (Fsp3) is 0.263. The van der Waals surface area contributed by atoms with E-state index in [1.54, 1.807) is 18.3 Å². The van der Waals surface area contributed by atoms with Crippen molar-refractivity contribution < 1.29 is 8.42 Å². The van der Waals surface area contributed by atoms with E-state index in [0.29, 0.717) is 17.1 Å². The third-order valence-corrected chi connectivity index (χ3v) is 7.50. The Balaban J connectivity index is 1.84. The lowest BCUT2D eigenvalue weighted by Crippen LogP contribution is -2.28. The summed E-state index contributed by atoms with van der Waals surface area (Å²) in [7, 11) is -3.53. The van der Waals surface area contributed by atoms with Crippen molar-refractivity contribution in [3.05, 3.63) is 62.9 Å². The molecule has 0 radical (unpaired) electrons. The average Bonchev–Trinajstić information content (AvgIpc) is 3.31. The average molecular weight is 420 g/mol. The Kier molecular flexibility index (Phi) is 4.70. The fourth-order valence-corrected chi connectivity index (χ4v) is 5.28. The monoisotopic (exact) mass is 419 g/mol. The molecular weight excluding hydrogens is 402 g/mol. The Morgan fingerprint density at radius 2 is 2.11 bits per heavy atom. The number of hydrogen-bond acceptors (Lipinski definition) is 5. The van der Waals surface area contributed by atoms with Crippen LogP contribution in [0.1, 0.15) is 35.4 Å². The van der Waals surface area contributed by atoms with Crippen LogP contribution in [0.5, 0.6) is 0 Å². The van der Waals surface area contributed by atoms with Crippen molar-refractivity contribution >= 4 is 49.6 Å². The molecule has 3 aromatic rings. The predicted octanol–water partition coefficient (Wildman–Crippen LogP) is 4.76. The smallest absolute Gasteiger partial charge is 0.236 e. The summed E-state index contributed by atoms with van der Waals surface area (Å²) in [6.45, 7) is 3.63. The number of benzene rings is 1. The molecule has 1 atom stereocenters. The van der Waals surface area contributed by atoms with Crippen LogP contribution in [0.25, 0.3) is 10.9 Å². The molecule has 3 heterocycles. The zero-order chi connectivity index (χ0) is 19.2. The summed E-state index contributed by atoms with van der Waals surface area (Å²) in [5, 5.41) is 7.66. The van der Waals surface area contributed by atoms with Crippen LogP contribution in [-0.2, 0) is 10.0 Å². The van der Waals surface area contributed by atoms with E-state index in [9.17, 15) is 8.42 Å². The molecule has 0 fully saturated rings. The number of rotatable bonds is 4. The molecule has 1 aliphatic heterocycles. The first-order valence-corrected chi connectivity index (χ1v) is 11.5. The molecule has 0 saturated heterocycles. The highest BCUT2D eigenvalue weighted by molar-refractivity contribution is 7.89. The maximum atomic E-state index is 12.7. The number of nitrogens with zero attached hydrogens (tertiary/aromatic N) is 3. The van der Waals surface area contributed by atoms with Gasteiger partial charge in [0, 0.05) is 17.4 Å². The second kappa shape index (κ2) is 6.89. The molecule has 0 amide bonds. The van der Waals surface area contributed by atoms with Crippen molar-refractivity contribution in [2.24, 2.45) is 5.10 Å².